The molecule has 2 aromatic carbocycles. The molecule has 0 amide bonds. The Balaban J connectivity index is -0.000000615. The molecule has 0 aliphatic heterocycles. The number of methoxy groups -OCH3 is 1. The van der Waals surface area contributed by atoms with Crippen LogP contribution in [0, 0.1) is 15.9 Å². The van der Waals surface area contributed by atoms with E-state index in [0.717, 1.165) is 23.0 Å². The molecule has 0 fully saturated rings. The van der Waals surface area contributed by atoms with Gasteiger partial charge in [-0.15, -0.1) is 0 Å². The summed E-state index contributed by atoms with van der Waals surface area (Å²) in [5.74, 6) is -1.39. The van der Waals surface area contributed by atoms with Gasteiger partial charge in [0.15, 0.2) is 5.82 Å². The number of para-hydroxylation sites is 1. The van der Waals surface area contributed by atoms with Gasteiger partial charge in [-0.3, -0.25) is 10.1 Å². The van der Waals surface area contributed by atoms with Gasteiger partial charge < -0.3 is 19.4 Å². The van der Waals surface area contributed by atoms with Crippen LogP contribution in [0.15, 0.2) is 54.9 Å². The normalized spacial score (nSPS) is 8.94. The van der Waals surface area contributed by atoms with Gasteiger partial charge in [0.05, 0.1) is 29.3 Å². The van der Waals surface area contributed by atoms with Crippen molar-refractivity contribution in [2.24, 2.45) is 0 Å². The summed E-state index contributed by atoms with van der Waals surface area (Å²) in [5, 5.41) is 14.9. The topological polar surface area (TPSA) is 121 Å². The summed E-state index contributed by atoms with van der Waals surface area (Å²) in [6.07, 6.45) is 2.70. The molecule has 48 heavy (non-hydrogen) atoms. The summed E-state index contributed by atoms with van der Waals surface area (Å²) >= 11 is 17.5. The second-order valence-corrected chi connectivity index (χ2v) is 7.52. The predicted molar refractivity (Wildman–Crippen MR) is 203 cm³/mol. The van der Waals surface area contributed by atoms with Crippen molar-refractivity contribution in [3.63, 3.8) is 0 Å². The Morgan fingerprint density at radius 2 is 1.46 bits per heavy atom. The van der Waals surface area contributed by atoms with E-state index in [1.54, 1.807) is 24.6 Å². The molecule has 25 heteroatoms. The van der Waals surface area contributed by atoms with E-state index in [2.05, 4.69) is 15.3 Å². The van der Waals surface area contributed by atoms with E-state index < -0.39 is 22.4 Å². The molecule has 0 saturated heterocycles. The molecule has 0 atom stereocenters. The maximum atomic E-state index is 14.0. The van der Waals surface area contributed by atoms with Crippen molar-refractivity contribution >= 4 is 476 Å². The maximum absolute atomic E-state index is 14.0. The fourth-order valence-corrected chi connectivity index (χ4v) is 3.38. The Hall–Kier alpha value is 18.4. The van der Waals surface area contributed by atoms with Crippen LogP contribution in [0.3, 0.4) is 0 Å². The molecule has 2 aromatic heterocycles. The third kappa shape index (κ3) is 32.4. The van der Waals surface area contributed by atoms with Crippen LogP contribution in [0.5, 0.6) is 5.75 Å². The van der Waals surface area contributed by atoms with Crippen molar-refractivity contribution < 1.29 is 23.6 Å². The van der Waals surface area contributed by atoms with Crippen LogP contribution < -0.4 is 10.1 Å². The third-order valence-corrected chi connectivity index (χ3v) is 4.87. The van der Waals surface area contributed by atoms with Gasteiger partial charge >= 0.3 is 454 Å². The van der Waals surface area contributed by atoms with E-state index in [1.807, 2.05) is 30.3 Å². The van der Waals surface area contributed by atoms with E-state index in [9.17, 15) is 19.3 Å². The summed E-state index contributed by atoms with van der Waals surface area (Å²) in [5.41, 5.74) is 0.256. The monoisotopic (exact) mass is 1010 g/mol. The number of fused-ring (bicyclic) bond motifs is 1. The van der Waals surface area contributed by atoms with Gasteiger partial charge in [-0.25, -0.2) is 9.78 Å². The first kappa shape index (κ1) is 72.9. The summed E-state index contributed by atoms with van der Waals surface area (Å²) < 4.78 is 26.2. The van der Waals surface area contributed by atoms with Gasteiger partial charge in [-0.1, -0.05) is 18.2 Å². The van der Waals surface area contributed by atoms with E-state index in [0.29, 0.717) is 0 Å². The minimum absolute atomic E-state index is 0.00749. The number of rotatable bonds is 7. The summed E-state index contributed by atoms with van der Waals surface area (Å²) in [7, 11) is 1.30. The number of ether oxygens (including phenoxy) is 2. The van der Waals surface area contributed by atoms with Crippen molar-refractivity contribution in [1.29, 1.82) is 0 Å². The fourth-order valence-electron chi connectivity index (χ4n) is 3.38. The number of carbonyl (C=O) groups is 1. The molecular formula is C23H20FK14N5O5. The first-order valence-electron chi connectivity index (χ1n) is 17.2. The number of nitrogens with one attached hydrogen (secondary N) is 1. The van der Waals surface area contributed by atoms with Gasteiger partial charge in [0.25, 0.3) is 0 Å². The number of halogens is 1. The quantitative estimate of drug-likeness (QED) is 0.114. The standard InChI is InChI=1S/C23H20FN5O5.14K/c1-13(2)34-22(30)15-12-25-23(26-17-11-19(29(31)32)16(24)10-20(17)33-3)27-21(15)28-9-8-14-6-4-5-7-18(14)28;;;;;;;;;;;;;;/h4-13H,1-3H3,(H,25,26,27);;;;;;;;;;;;;;. The number of anilines is 2. The van der Waals surface area contributed by atoms with Crippen molar-refractivity contribution in [3.05, 3.63) is 76.4 Å². The molecule has 4 rings (SSSR count). The molecule has 0 spiro atoms. The number of nitrogens with zero attached hydrogens (tertiary/aromatic N) is 4. The zero-order valence-corrected chi connectivity index (χ0v) is 76.2. The molecule has 1 N–H and O–H groups in total. The number of nitro benzene ring substituents is 1. The summed E-state index contributed by atoms with van der Waals surface area (Å²) in [6, 6.07) is 11.3. The number of carbonyl (C=O) groups excluding carboxylic acids is 1. The Morgan fingerprint density at radius 3 is 1.96 bits per heavy atom. The predicted octanol–water partition coefficient (Wildman–Crippen LogP) is -0.546. The van der Waals surface area contributed by atoms with Gasteiger partial charge in [-0.2, -0.15) is 9.37 Å². The van der Waals surface area contributed by atoms with E-state index >= 15 is 0 Å². The van der Waals surface area contributed by atoms with E-state index in [4.69, 9.17) is 9.47 Å². The average molecular weight is 1010 g/mol. The molecule has 0 radical (unpaired) electrons. The molecule has 2 heterocycles. The number of hydrogen-bond donors (Lipinski definition) is 1. The van der Waals surface area contributed by atoms with Crippen LogP contribution in [0.2, 0.25) is 0 Å². The molecule has 0 bridgehead atoms. The van der Waals surface area contributed by atoms with Crippen LogP contribution >= 0.6 is 0 Å². The van der Waals surface area contributed by atoms with Crippen LogP contribution in [0.4, 0.5) is 21.7 Å². The van der Waals surface area contributed by atoms with Crippen molar-refractivity contribution in [1.82, 2.24) is 14.5 Å². The number of nitro groups is 1. The van der Waals surface area contributed by atoms with E-state index in [1.165, 1.54) is 455 Å². The molecule has 188 valence electrons. The van der Waals surface area contributed by atoms with Gasteiger partial charge in [0.2, 0.25) is 11.8 Å². The molecule has 0 unspecified atom stereocenters. The molecule has 0 saturated carbocycles. The second kappa shape index (κ2) is 53.2. The van der Waals surface area contributed by atoms with Gasteiger partial charge in [0.1, 0.15) is 11.3 Å². The average Bonchev–Trinajstić information content (AvgIpc) is 3.58. The van der Waals surface area contributed by atoms with Crippen molar-refractivity contribution in [2.75, 3.05) is 12.4 Å². The van der Waals surface area contributed by atoms with Gasteiger partial charge in [0, 0.05) is 24.5 Å². The summed E-state index contributed by atoms with van der Waals surface area (Å²) in [4.78, 5) is 31.7. The first-order chi connectivity index (χ1) is 23.3. The number of benzene rings is 2. The Kier molecular flexibility index (Phi) is 80.8. The Labute approximate surface area is 600 Å². The number of esters is 1. The number of aromatic nitrogens is 3. The summed E-state index contributed by atoms with van der Waals surface area (Å²) in [6.45, 7) is 3.46. The molecule has 0 aliphatic carbocycles. The SMILES string of the molecule is COc1cc(F)c([N+](=O)[O-])cc1Nc1ncc(C(=O)OC(C)C)c(-n2ccc3ccccc32)n1.[K][K].[K][K].[K][K].[K][K].[K][K].[K][K].[K][K]. The Bertz CT molecular complexity index is 1440. The minimum atomic E-state index is -1.04. The number of hydrogen-bond acceptors (Lipinski definition) is 8. The first-order valence-corrected chi connectivity index (χ1v) is 129. The van der Waals surface area contributed by atoms with Crippen LogP contribution in [0.1, 0.15) is 24.2 Å². The van der Waals surface area contributed by atoms with E-state index in [-0.39, 0.29) is 34.9 Å². The van der Waals surface area contributed by atoms with Crippen molar-refractivity contribution in [2.45, 2.75) is 20.0 Å². The molecule has 10 nitrogen and oxygen atoms in total. The zero-order valence-electron chi connectivity index (χ0n) is 32.5. The second-order valence-electron chi connectivity index (χ2n) is 7.52. The molecule has 0 aliphatic rings. The fraction of sp³-hybridized carbons (Fsp3) is 0.174. The van der Waals surface area contributed by atoms with Crippen LogP contribution in [-0.2, 0) is 4.74 Å². The molecule has 4 aromatic rings. The molecular weight excluding hydrogens is 993 g/mol. The van der Waals surface area contributed by atoms with Crippen molar-refractivity contribution in [3.8, 4) is 11.6 Å². The Morgan fingerprint density at radius 1 is 0.917 bits per heavy atom. The van der Waals surface area contributed by atoms with Gasteiger partial charge in [-0.05, 0) is 31.4 Å². The zero-order chi connectivity index (χ0) is 38.4. The van der Waals surface area contributed by atoms with Crippen LogP contribution in [-0.4, -0.2) is 481 Å². The van der Waals surface area contributed by atoms with Crippen LogP contribution in [0.25, 0.3) is 16.7 Å². The third-order valence-electron chi connectivity index (χ3n) is 4.87.